The first-order valence-electron chi connectivity index (χ1n) is 8.03. The van der Waals surface area contributed by atoms with Crippen LogP contribution in [0.5, 0.6) is 0 Å². The summed E-state index contributed by atoms with van der Waals surface area (Å²) < 4.78 is 1.68. The third kappa shape index (κ3) is 4.28. The van der Waals surface area contributed by atoms with E-state index in [4.69, 9.17) is 0 Å². The van der Waals surface area contributed by atoms with Gasteiger partial charge >= 0.3 is 0 Å². The van der Waals surface area contributed by atoms with Crippen molar-refractivity contribution in [2.24, 2.45) is 7.05 Å². The van der Waals surface area contributed by atoms with Crippen LogP contribution in [0.1, 0.15) is 63.5 Å². The molecule has 0 amide bonds. The predicted octanol–water partition coefficient (Wildman–Crippen LogP) is 2.78. The maximum Gasteiger partial charge on any atom is 0.133 e. The summed E-state index contributed by atoms with van der Waals surface area (Å²) in [6, 6.07) is 1.95. The van der Waals surface area contributed by atoms with Crippen LogP contribution in [0.15, 0.2) is 18.5 Å². The Morgan fingerprint density at radius 1 is 1.22 bits per heavy atom. The molecule has 126 valence electrons. The number of hydrogen-bond donors (Lipinski definition) is 2. The summed E-state index contributed by atoms with van der Waals surface area (Å²) in [6.07, 6.45) is 3.50. The van der Waals surface area contributed by atoms with Crippen molar-refractivity contribution in [1.29, 1.82) is 0 Å². The molecule has 0 bridgehead atoms. The topological polar surface area (TPSA) is 75.9 Å². The molecule has 2 aromatic heterocycles. The quantitative estimate of drug-likeness (QED) is 0.857. The highest BCUT2D eigenvalue weighted by molar-refractivity contribution is 5.38. The Hall–Kier alpha value is -1.95. The second-order valence-electron chi connectivity index (χ2n) is 6.88. The Balaban J connectivity index is 2.19. The zero-order valence-corrected chi connectivity index (χ0v) is 14.8. The molecule has 2 heterocycles. The van der Waals surface area contributed by atoms with Crippen LogP contribution in [0.2, 0.25) is 0 Å². The van der Waals surface area contributed by atoms with E-state index in [1.54, 1.807) is 17.8 Å². The van der Waals surface area contributed by atoms with Crippen molar-refractivity contribution in [3.8, 4) is 0 Å². The molecule has 23 heavy (non-hydrogen) atoms. The lowest BCUT2D eigenvalue weighted by atomic mass is 10.00. The predicted molar refractivity (Wildman–Crippen MR) is 91.5 cm³/mol. The lowest BCUT2D eigenvalue weighted by Gasteiger charge is -2.23. The van der Waals surface area contributed by atoms with E-state index in [9.17, 15) is 5.11 Å². The first-order valence-corrected chi connectivity index (χ1v) is 8.03. The van der Waals surface area contributed by atoms with Gasteiger partial charge in [0.2, 0.25) is 0 Å². The van der Waals surface area contributed by atoms with Crippen molar-refractivity contribution in [2.75, 3.05) is 11.9 Å². The number of anilines is 1. The van der Waals surface area contributed by atoms with E-state index in [0.717, 1.165) is 22.9 Å². The van der Waals surface area contributed by atoms with Crippen LogP contribution in [0.25, 0.3) is 0 Å². The monoisotopic (exact) mass is 317 g/mol. The minimum Gasteiger partial charge on any atom is -0.383 e. The number of aliphatic hydroxyl groups is 1. The first kappa shape index (κ1) is 17.4. The third-order valence-electron chi connectivity index (χ3n) is 3.81. The highest BCUT2D eigenvalue weighted by Gasteiger charge is 2.25. The van der Waals surface area contributed by atoms with Crippen LogP contribution >= 0.6 is 0 Å². The number of nitrogens with one attached hydrogen (secondary N) is 1. The van der Waals surface area contributed by atoms with Crippen molar-refractivity contribution >= 4 is 5.82 Å². The minimum absolute atomic E-state index is 0.257. The van der Waals surface area contributed by atoms with Crippen LogP contribution < -0.4 is 5.32 Å². The zero-order chi connectivity index (χ0) is 17.2. The molecule has 1 atom stereocenters. The molecule has 0 saturated carbocycles. The SMILES string of the molecule is CC(C)c1cc(NCC(C)(O)c2cnn(C)c2)nc(C(C)C)n1. The minimum atomic E-state index is -1.02. The van der Waals surface area contributed by atoms with Crippen LogP contribution in [0, 0.1) is 0 Å². The Bertz CT molecular complexity index is 635. The Labute approximate surface area is 138 Å². The molecule has 2 N–H and O–H groups in total. The second kappa shape index (κ2) is 6.66. The van der Waals surface area contributed by atoms with Gasteiger partial charge in [0.25, 0.3) is 0 Å². The van der Waals surface area contributed by atoms with E-state index in [1.807, 2.05) is 19.3 Å². The normalized spacial score (nSPS) is 14.3. The summed E-state index contributed by atoms with van der Waals surface area (Å²) in [6.45, 7) is 10.5. The number of nitrogens with zero attached hydrogens (tertiary/aromatic N) is 4. The van der Waals surface area contributed by atoms with Gasteiger partial charge < -0.3 is 10.4 Å². The molecule has 0 radical (unpaired) electrons. The first-order chi connectivity index (χ1) is 10.7. The van der Waals surface area contributed by atoms with Crippen molar-refractivity contribution in [2.45, 2.75) is 52.1 Å². The fourth-order valence-corrected chi connectivity index (χ4v) is 2.19. The van der Waals surface area contributed by atoms with E-state index in [1.165, 1.54) is 0 Å². The fourth-order valence-electron chi connectivity index (χ4n) is 2.19. The summed E-state index contributed by atoms with van der Waals surface area (Å²) in [5.41, 5.74) is 0.761. The smallest absolute Gasteiger partial charge is 0.133 e. The average molecular weight is 317 g/mol. The number of aromatic nitrogens is 4. The molecule has 0 aliphatic rings. The standard InChI is InChI=1S/C17H27N5O/c1-11(2)14-7-15(21-16(20-14)12(3)4)18-10-17(5,23)13-8-19-22(6)9-13/h7-9,11-12,23H,10H2,1-6H3,(H,18,20,21). The Morgan fingerprint density at radius 2 is 1.91 bits per heavy atom. The summed E-state index contributed by atoms with van der Waals surface area (Å²) >= 11 is 0. The van der Waals surface area contributed by atoms with Gasteiger partial charge in [0.1, 0.15) is 17.2 Å². The summed E-state index contributed by atoms with van der Waals surface area (Å²) in [5, 5.41) is 18.0. The molecule has 6 nitrogen and oxygen atoms in total. The van der Waals surface area contributed by atoms with Gasteiger partial charge in [0.15, 0.2) is 0 Å². The molecule has 1 unspecified atom stereocenters. The summed E-state index contributed by atoms with van der Waals surface area (Å²) in [5.74, 6) is 2.15. The van der Waals surface area contributed by atoms with Crippen LogP contribution in [-0.2, 0) is 12.6 Å². The van der Waals surface area contributed by atoms with Gasteiger partial charge in [0.05, 0.1) is 6.20 Å². The van der Waals surface area contributed by atoms with Crippen LogP contribution in [0.3, 0.4) is 0 Å². The molecule has 0 fully saturated rings. The zero-order valence-electron chi connectivity index (χ0n) is 14.8. The molecule has 0 aromatic carbocycles. The molecular weight excluding hydrogens is 290 g/mol. The van der Waals surface area contributed by atoms with Crippen molar-refractivity contribution in [1.82, 2.24) is 19.7 Å². The van der Waals surface area contributed by atoms with E-state index < -0.39 is 5.60 Å². The highest BCUT2D eigenvalue weighted by atomic mass is 16.3. The van der Waals surface area contributed by atoms with Gasteiger partial charge in [-0.25, -0.2) is 9.97 Å². The molecule has 6 heteroatoms. The number of hydrogen-bond acceptors (Lipinski definition) is 5. The van der Waals surface area contributed by atoms with Crippen molar-refractivity contribution in [3.63, 3.8) is 0 Å². The van der Waals surface area contributed by atoms with Gasteiger partial charge in [-0.2, -0.15) is 5.10 Å². The highest BCUT2D eigenvalue weighted by Crippen LogP contribution is 2.23. The van der Waals surface area contributed by atoms with Crippen molar-refractivity contribution in [3.05, 3.63) is 35.5 Å². The fraction of sp³-hybridized carbons (Fsp3) is 0.588. The largest absolute Gasteiger partial charge is 0.383 e. The molecule has 0 aliphatic carbocycles. The lowest BCUT2D eigenvalue weighted by molar-refractivity contribution is 0.0713. The van der Waals surface area contributed by atoms with E-state index in [-0.39, 0.29) is 5.92 Å². The Morgan fingerprint density at radius 3 is 2.43 bits per heavy atom. The van der Waals surface area contributed by atoms with Crippen LogP contribution in [-0.4, -0.2) is 31.4 Å². The van der Waals surface area contributed by atoms with E-state index in [0.29, 0.717) is 12.5 Å². The maximum atomic E-state index is 10.7. The van der Waals surface area contributed by atoms with Gasteiger partial charge in [-0.1, -0.05) is 27.7 Å². The summed E-state index contributed by atoms with van der Waals surface area (Å²) in [4.78, 5) is 9.17. The average Bonchev–Trinajstić information content (AvgIpc) is 2.92. The van der Waals surface area contributed by atoms with Crippen LogP contribution in [0.4, 0.5) is 5.82 Å². The Kier molecular flexibility index (Phi) is 5.04. The molecule has 0 aliphatic heterocycles. The molecule has 2 aromatic rings. The molecular formula is C17H27N5O. The second-order valence-corrected chi connectivity index (χ2v) is 6.88. The summed E-state index contributed by atoms with van der Waals surface area (Å²) in [7, 11) is 1.83. The van der Waals surface area contributed by atoms with Gasteiger partial charge in [-0.05, 0) is 12.8 Å². The lowest BCUT2D eigenvalue weighted by Crippen LogP contribution is -2.30. The van der Waals surface area contributed by atoms with Gasteiger partial charge in [-0.3, -0.25) is 4.68 Å². The molecule has 0 saturated heterocycles. The third-order valence-corrected chi connectivity index (χ3v) is 3.81. The maximum absolute atomic E-state index is 10.7. The molecule has 2 rings (SSSR count). The number of aryl methyl sites for hydroxylation is 1. The van der Waals surface area contributed by atoms with E-state index >= 15 is 0 Å². The van der Waals surface area contributed by atoms with Crippen molar-refractivity contribution < 1.29 is 5.11 Å². The van der Waals surface area contributed by atoms with Gasteiger partial charge in [-0.15, -0.1) is 0 Å². The number of rotatable bonds is 6. The van der Waals surface area contributed by atoms with E-state index in [2.05, 4.69) is 48.1 Å². The molecule has 0 spiro atoms. The van der Waals surface area contributed by atoms with Gasteiger partial charge in [0, 0.05) is 43.0 Å².